The average Bonchev–Trinajstić information content (AvgIpc) is 2.64. The predicted octanol–water partition coefficient (Wildman–Crippen LogP) is 3.09. The topological polar surface area (TPSA) is 56.5 Å². The third-order valence-corrected chi connectivity index (χ3v) is 4.41. The maximum Gasteiger partial charge on any atom is 0.121 e. The Bertz CT molecular complexity index is 698. The lowest BCUT2D eigenvalue weighted by molar-refractivity contribution is 0.0968. The van der Waals surface area contributed by atoms with Gasteiger partial charge in [-0.3, -0.25) is 4.90 Å². The summed E-state index contributed by atoms with van der Waals surface area (Å²) in [4.78, 5) is 2.43. The summed E-state index contributed by atoms with van der Waals surface area (Å²) in [6.07, 6.45) is 2.20. The molecule has 0 radical (unpaired) electrons. The number of piperidine rings is 1. The molecular weight excluding hydrogens is 300 g/mol. The van der Waals surface area contributed by atoms with Crippen LogP contribution in [0.15, 0.2) is 48.5 Å². The average molecular weight is 322 g/mol. The SMILES string of the molecule is N#Cc1cccc(OC2CCN(Cc3ccc(CO)cc3)CC2)c1. The Morgan fingerprint density at radius 1 is 1.08 bits per heavy atom. The predicted molar refractivity (Wildman–Crippen MR) is 92.4 cm³/mol. The molecule has 2 aromatic carbocycles. The van der Waals surface area contributed by atoms with Crippen molar-refractivity contribution in [1.82, 2.24) is 4.90 Å². The van der Waals surface area contributed by atoms with Crippen molar-refractivity contribution < 1.29 is 9.84 Å². The van der Waals surface area contributed by atoms with E-state index in [1.54, 1.807) is 12.1 Å². The van der Waals surface area contributed by atoms with Gasteiger partial charge in [0.05, 0.1) is 18.2 Å². The molecule has 0 aliphatic carbocycles. The Morgan fingerprint density at radius 2 is 1.79 bits per heavy atom. The molecule has 0 unspecified atom stereocenters. The molecule has 1 saturated heterocycles. The van der Waals surface area contributed by atoms with Gasteiger partial charge in [-0.15, -0.1) is 0 Å². The fourth-order valence-corrected chi connectivity index (χ4v) is 3.02. The van der Waals surface area contributed by atoms with Crippen LogP contribution < -0.4 is 4.74 Å². The monoisotopic (exact) mass is 322 g/mol. The molecule has 0 saturated carbocycles. The summed E-state index contributed by atoms with van der Waals surface area (Å²) in [5.41, 5.74) is 2.86. The second-order valence-electron chi connectivity index (χ2n) is 6.21. The second-order valence-corrected chi connectivity index (χ2v) is 6.21. The van der Waals surface area contributed by atoms with Crippen molar-refractivity contribution in [2.45, 2.75) is 32.1 Å². The van der Waals surface area contributed by atoms with E-state index >= 15 is 0 Å². The van der Waals surface area contributed by atoms with E-state index in [1.807, 2.05) is 24.3 Å². The number of aliphatic hydroxyl groups excluding tert-OH is 1. The maximum atomic E-state index is 9.09. The van der Waals surface area contributed by atoms with E-state index in [-0.39, 0.29) is 12.7 Å². The van der Waals surface area contributed by atoms with Crippen LogP contribution in [0.25, 0.3) is 0 Å². The minimum atomic E-state index is 0.0933. The van der Waals surface area contributed by atoms with E-state index in [0.717, 1.165) is 43.8 Å². The standard InChI is InChI=1S/C20H22N2O2/c21-13-18-2-1-3-20(12-18)24-19-8-10-22(11-9-19)14-16-4-6-17(15-23)7-5-16/h1-7,12,19,23H,8-11,14-15H2. The van der Waals surface area contributed by atoms with Crippen molar-refractivity contribution in [1.29, 1.82) is 5.26 Å². The van der Waals surface area contributed by atoms with Crippen LogP contribution in [0, 0.1) is 11.3 Å². The van der Waals surface area contributed by atoms with Crippen molar-refractivity contribution in [2.75, 3.05) is 13.1 Å². The van der Waals surface area contributed by atoms with Crippen LogP contribution in [0.5, 0.6) is 5.75 Å². The molecular formula is C20H22N2O2. The van der Waals surface area contributed by atoms with Gasteiger partial charge in [0.1, 0.15) is 11.9 Å². The van der Waals surface area contributed by atoms with E-state index in [4.69, 9.17) is 15.1 Å². The van der Waals surface area contributed by atoms with Gasteiger partial charge in [0.2, 0.25) is 0 Å². The lowest BCUT2D eigenvalue weighted by Crippen LogP contribution is -2.37. The van der Waals surface area contributed by atoms with Crippen LogP contribution in [0.4, 0.5) is 0 Å². The number of hydrogen-bond acceptors (Lipinski definition) is 4. The van der Waals surface area contributed by atoms with Crippen molar-refractivity contribution in [3.63, 3.8) is 0 Å². The number of rotatable bonds is 5. The summed E-state index contributed by atoms with van der Waals surface area (Å²) < 4.78 is 6.02. The molecule has 3 rings (SSSR count). The highest BCUT2D eigenvalue weighted by Crippen LogP contribution is 2.21. The molecule has 4 nitrogen and oxygen atoms in total. The Morgan fingerprint density at radius 3 is 2.46 bits per heavy atom. The molecule has 0 atom stereocenters. The zero-order valence-corrected chi connectivity index (χ0v) is 13.7. The number of benzene rings is 2. The van der Waals surface area contributed by atoms with Crippen LogP contribution >= 0.6 is 0 Å². The highest BCUT2D eigenvalue weighted by Gasteiger charge is 2.20. The van der Waals surface area contributed by atoms with Gasteiger partial charge in [-0.1, -0.05) is 30.3 Å². The first-order valence-corrected chi connectivity index (χ1v) is 8.34. The Hall–Kier alpha value is -2.35. The van der Waals surface area contributed by atoms with Gasteiger partial charge in [-0.05, 0) is 42.2 Å². The van der Waals surface area contributed by atoms with E-state index in [0.29, 0.717) is 5.56 Å². The molecule has 0 spiro atoms. The normalized spacial score (nSPS) is 15.8. The largest absolute Gasteiger partial charge is 0.490 e. The third kappa shape index (κ3) is 4.35. The molecule has 124 valence electrons. The summed E-state index contributed by atoms with van der Waals surface area (Å²) in [6.45, 7) is 3.03. The molecule has 1 aliphatic rings. The van der Waals surface area contributed by atoms with Crippen LogP contribution in [0.2, 0.25) is 0 Å². The first-order chi connectivity index (χ1) is 11.8. The van der Waals surface area contributed by atoms with Crippen LogP contribution in [-0.4, -0.2) is 29.2 Å². The fraction of sp³-hybridized carbons (Fsp3) is 0.350. The zero-order valence-electron chi connectivity index (χ0n) is 13.7. The van der Waals surface area contributed by atoms with E-state index in [1.165, 1.54) is 5.56 Å². The van der Waals surface area contributed by atoms with Gasteiger partial charge in [0.15, 0.2) is 0 Å². The van der Waals surface area contributed by atoms with Gasteiger partial charge < -0.3 is 9.84 Å². The van der Waals surface area contributed by atoms with Crippen molar-refractivity contribution in [3.8, 4) is 11.8 Å². The first kappa shape index (κ1) is 16.5. The zero-order chi connectivity index (χ0) is 16.8. The van der Waals surface area contributed by atoms with Crippen molar-refractivity contribution >= 4 is 0 Å². The van der Waals surface area contributed by atoms with Crippen molar-refractivity contribution in [2.24, 2.45) is 0 Å². The number of nitrogens with zero attached hydrogens (tertiary/aromatic N) is 2. The maximum absolute atomic E-state index is 9.09. The number of hydrogen-bond donors (Lipinski definition) is 1. The third-order valence-electron chi connectivity index (χ3n) is 4.41. The fourth-order valence-electron chi connectivity index (χ4n) is 3.02. The van der Waals surface area contributed by atoms with Crippen LogP contribution in [0.1, 0.15) is 29.5 Å². The number of likely N-dealkylation sites (tertiary alicyclic amines) is 1. The summed E-state index contributed by atoms with van der Waals surface area (Å²) in [5.74, 6) is 0.784. The van der Waals surface area contributed by atoms with E-state index in [2.05, 4.69) is 23.1 Å². The molecule has 0 aromatic heterocycles. The molecule has 1 aliphatic heterocycles. The molecule has 1 fully saturated rings. The van der Waals surface area contributed by atoms with Crippen molar-refractivity contribution in [3.05, 3.63) is 65.2 Å². The van der Waals surface area contributed by atoms with Gasteiger partial charge in [0.25, 0.3) is 0 Å². The second kappa shape index (κ2) is 7.96. The molecule has 1 heterocycles. The molecule has 24 heavy (non-hydrogen) atoms. The summed E-state index contributed by atoms with van der Waals surface area (Å²) in [7, 11) is 0. The van der Waals surface area contributed by atoms with Gasteiger partial charge in [-0.25, -0.2) is 0 Å². The Labute approximate surface area is 142 Å². The van der Waals surface area contributed by atoms with Gasteiger partial charge in [-0.2, -0.15) is 5.26 Å². The highest BCUT2D eigenvalue weighted by molar-refractivity contribution is 5.36. The van der Waals surface area contributed by atoms with Crippen LogP contribution in [-0.2, 0) is 13.2 Å². The van der Waals surface area contributed by atoms with E-state index < -0.39 is 0 Å². The smallest absolute Gasteiger partial charge is 0.121 e. The minimum absolute atomic E-state index is 0.0933. The van der Waals surface area contributed by atoms with Gasteiger partial charge >= 0.3 is 0 Å². The lowest BCUT2D eigenvalue weighted by Gasteiger charge is -2.32. The highest BCUT2D eigenvalue weighted by atomic mass is 16.5. The van der Waals surface area contributed by atoms with Crippen LogP contribution in [0.3, 0.4) is 0 Å². The minimum Gasteiger partial charge on any atom is -0.490 e. The number of ether oxygens (including phenoxy) is 1. The van der Waals surface area contributed by atoms with E-state index in [9.17, 15) is 0 Å². The summed E-state index contributed by atoms with van der Waals surface area (Å²) >= 11 is 0. The molecule has 1 N–H and O–H groups in total. The first-order valence-electron chi connectivity index (χ1n) is 8.34. The quantitative estimate of drug-likeness (QED) is 0.919. The lowest BCUT2D eigenvalue weighted by atomic mass is 10.1. The van der Waals surface area contributed by atoms with Gasteiger partial charge in [0, 0.05) is 19.6 Å². The summed E-state index contributed by atoms with van der Waals surface area (Å²) in [5, 5.41) is 18.0. The summed E-state index contributed by atoms with van der Waals surface area (Å²) in [6, 6.07) is 17.6. The molecule has 0 amide bonds. The number of nitriles is 1. The Balaban J connectivity index is 1.49. The number of aliphatic hydroxyl groups is 1. The molecule has 4 heteroatoms. The molecule has 0 bridgehead atoms. The Kier molecular flexibility index (Phi) is 5.47. The molecule has 2 aromatic rings.